The van der Waals surface area contributed by atoms with Crippen LogP contribution in [-0.2, 0) is 23.0 Å². The van der Waals surface area contributed by atoms with Crippen molar-refractivity contribution < 1.29 is 23.0 Å². The summed E-state index contributed by atoms with van der Waals surface area (Å²) < 4.78 is 0. The zero-order chi connectivity index (χ0) is 19.3. The predicted octanol–water partition coefficient (Wildman–Crippen LogP) is 7.98. The van der Waals surface area contributed by atoms with Crippen molar-refractivity contribution in [2.75, 3.05) is 0 Å². The molecule has 0 bridgehead atoms. The normalized spacial score (nSPS) is 9.43. The first-order valence-electron chi connectivity index (χ1n) is 9.05. The summed E-state index contributed by atoms with van der Waals surface area (Å²) in [5.74, 6) is 0. The van der Waals surface area contributed by atoms with Crippen molar-refractivity contribution in [3.63, 3.8) is 0 Å². The van der Waals surface area contributed by atoms with E-state index in [9.17, 15) is 0 Å². The summed E-state index contributed by atoms with van der Waals surface area (Å²) in [6, 6.07) is 21.8. The van der Waals surface area contributed by atoms with E-state index in [0.29, 0.717) is 0 Å². The first-order valence-corrected chi connectivity index (χ1v) is 16.9. The molecule has 0 atom stereocenters. The molecule has 0 aliphatic rings. The molecule has 0 saturated carbocycles. The molecule has 0 nitrogen and oxygen atoms in total. The van der Waals surface area contributed by atoms with Crippen LogP contribution >= 0.6 is 24.8 Å². The fourth-order valence-electron chi connectivity index (χ4n) is 3.08. The van der Waals surface area contributed by atoms with Crippen molar-refractivity contribution in [3.05, 3.63) is 82.9 Å². The Morgan fingerprint density at radius 1 is 0.679 bits per heavy atom. The van der Waals surface area contributed by atoms with Crippen molar-refractivity contribution in [1.29, 1.82) is 0 Å². The third-order valence-electron chi connectivity index (χ3n) is 4.23. The smallest absolute Gasteiger partial charge is 0.0488 e. The quantitative estimate of drug-likeness (QED) is 0.143. The second-order valence-corrected chi connectivity index (χ2v) is 20.0. The standard InChI is InChI=1S/2C11H11.C2H6Si.2ClH.Hf/c2*1-8-6-10-5-3-4-9(2)11(10)7-8;1-3-2;;;/h2*3-7H,1-2H3;1-2H3;2*1H;/q2*-1;;;;+2. The molecule has 0 aromatic heterocycles. The van der Waals surface area contributed by atoms with Crippen molar-refractivity contribution in [1.82, 2.24) is 0 Å². The third-order valence-corrected chi connectivity index (χ3v) is 4.23. The van der Waals surface area contributed by atoms with Gasteiger partial charge in [0.25, 0.3) is 0 Å². The van der Waals surface area contributed by atoms with Gasteiger partial charge in [0.2, 0.25) is 0 Å². The minimum absolute atomic E-state index is 0. The first kappa shape index (κ1) is 27.3. The second kappa shape index (κ2) is 12.8. The zero-order valence-electron chi connectivity index (χ0n) is 17.6. The molecule has 0 aliphatic heterocycles. The van der Waals surface area contributed by atoms with Crippen molar-refractivity contribution >= 4 is 51.9 Å². The van der Waals surface area contributed by atoms with E-state index in [1.807, 2.05) is 0 Å². The summed E-state index contributed by atoms with van der Waals surface area (Å²) in [5.41, 5.74) is 5.71. The number of fused-ring (bicyclic) bond motifs is 2. The van der Waals surface area contributed by atoms with E-state index in [2.05, 4.69) is 101 Å². The molecule has 0 N–H and O–H groups in total. The van der Waals surface area contributed by atoms with Gasteiger partial charge in [-0.05, 0) is 13.8 Å². The van der Waals surface area contributed by atoms with E-state index in [1.165, 1.54) is 66.8 Å². The number of benzene rings is 2. The molecule has 0 aliphatic carbocycles. The van der Waals surface area contributed by atoms with Gasteiger partial charge in [-0.2, -0.15) is 12.1 Å². The molecule has 4 rings (SSSR count). The molecule has 28 heavy (non-hydrogen) atoms. The Labute approximate surface area is 197 Å². The number of halogens is 2. The van der Waals surface area contributed by atoms with Crippen molar-refractivity contribution in [3.8, 4) is 0 Å². The van der Waals surface area contributed by atoms with E-state index < -0.39 is 0 Å². The Balaban J connectivity index is 0.000000415. The summed E-state index contributed by atoms with van der Waals surface area (Å²) in [6.45, 7) is 13.2. The fraction of sp³-hybridized carbons (Fsp3) is 0.250. The average molecular weight is 596 g/mol. The Bertz CT molecular complexity index is 946. The van der Waals surface area contributed by atoms with Crippen LogP contribution in [0.2, 0.25) is 13.1 Å². The predicted molar refractivity (Wildman–Crippen MR) is 130 cm³/mol. The summed E-state index contributed by atoms with van der Waals surface area (Å²) in [7, 11) is 0. The molecule has 4 heteroatoms. The fourth-order valence-corrected chi connectivity index (χ4v) is 3.08. The average Bonchev–Trinajstić information content (AvgIpc) is 3.11. The molecular formula is C24H30Cl2HfSi. The van der Waals surface area contributed by atoms with Gasteiger partial charge in [-0.15, -0.1) is 93.9 Å². The number of rotatable bonds is 0. The summed E-state index contributed by atoms with van der Waals surface area (Å²) in [4.78, 5) is 0. The molecule has 4 aromatic carbocycles. The van der Waals surface area contributed by atoms with Gasteiger partial charge >= 0.3 is 41.6 Å². The van der Waals surface area contributed by atoms with Crippen LogP contribution < -0.4 is 0 Å². The van der Waals surface area contributed by atoms with Crippen LogP contribution in [0, 0.1) is 27.7 Å². The number of aryl methyl sites for hydroxylation is 4. The minimum atomic E-state index is 0. The van der Waals surface area contributed by atoms with Crippen LogP contribution in [0.15, 0.2) is 60.7 Å². The van der Waals surface area contributed by atoms with Crippen LogP contribution in [0.1, 0.15) is 22.3 Å². The summed E-state index contributed by atoms with van der Waals surface area (Å²) in [5, 5.41) is 5.51. The maximum absolute atomic E-state index is 2.33. The number of hydrogen-bond acceptors (Lipinski definition) is 0. The molecule has 0 amide bonds. The third kappa shape index (κ3) is 7.98. The topological polar surface area (TPSA) is 0 Å². The van der Waals surface area contributed by atoms with E-state index in [4.69, 9.17) is 0 Å². The summed E-state index contributed by atoms with van der Waals surface area (Å²) in [6.07, 6.45) is 0. The minimum Gasteiger partial charge on any atom is -0.165 e. The molecule has 4 aromatic rings. The van der Waals surface area contributed by atoms with Crippen LogP contribution in [0.3, 0.4) is 0 Å². The number of hydrogen-bond donors (Lipinski definition) is 0. The SMILES string of the molecule is C[Si](C)=[Hf+2].Cc1cc2c(C)cccc2[cH-]1.Cc1cc2c(C)cccc2[cH-]1.Cl.Cl. The molecule has 0 unspecified atom stereocenters. The van der Waals surface area contributed by atoms with E-state index >= 15 is 0 Å². The van der Waals surface area contributed by atoms with Gasteiger partial charge in [0.1, 0.15) is 0 Å². The van der Waals surface area contributed by atoms with Gasteiger partial charge in [-0.25, -0.2) is 0 Å². The van der Waals surface area contributed by atoms with Crippen LogP contribution in [0.5, 0.6) is 0 Å². The largest absolute Gasteiger partial charge is 0.165 e. The molecule has 0 heterocycles. The van der Waals surface area contributed by atoms with E-state index in [-0.39, 0.29) is 30.3 Å². The van der Waals surface area contributed by atoms with E-state index in [0.717, 1.165) is 0 Å². The van der Waals surface area contributed by atoms with Gasteiger partial charge in [0.15, 0.2) is 0 Å². The molecule has 0 fully saturated rings. The van der Waals surface area contributed by atoms with Gasteiger partial charge in [0.05, 0.1) is 0 Å². The molecular weight excluding hydrogens is 566 g/mol. The zero-order valence-corrected chi connectivity index (χ0v) is 23.8. The van der Waals surface area contributed by atoms with Crippen LogP contribution in [0.25, 0.3) is 21.5 Å². The monoisotopic (exact) mass is 596 g/mol. The molecule has 0 radical (unpaired) electrons. The van der Waals surface area contributed by atoms with Crippen molar-refractivity contribution in [2.45, 2.75) is 40.8 Å². The van der Waals surface area contributed by atoms with Gasteiger partial charge < -0.3 is 0 Å². The van der Waals surface area contributed by atoms with Gasteiger partial charge in [-0.3, -0.25) is 0 Å². The molecule has 148 valence electrons. The van der Waals surface area contributed by atoms with Crippen LogP contribution in [-0.4, -0.2) is 5.49 Å². The van der Waals surface area contributed by atoms with Crippen LogP contribution in [0.4, 0.5) is 0 Å². The van der Waals surface area contributed by atoms with Gasteiger partial charge in [-0.1, -0.05) is 37.1 Å². The molecule has 0 saturated heterocycles. The first-order chi connectivity index (χ1) is 12.3. The maximum Gasteiger partial charge on any atom is -0.0488 e. The Morgan fingerprint density at radius 3 is 1.29 bits per heavy atom. The van der Waals surface area contributed by atoms with E-state index in [1.54, 1.807) is 0 Å². The summed E-state index contributed by atoms with van der Waals surface area (Å²) >= 11 is 1.45. The Hall–Kier alpha value is -0.673. The Kier molecular flexibility index (Phi) is 12.5. The van der Waals surface area contributed by atoms with Crippen molar-refractivity contribution in [2.24, 2.45) is 0 Å². The Morgan fingerprint density at radius 2 is 1.00 bits per heavy atom. The maximum atomic E-state index is 2.33. The second-order valence-electron chi connectivity index (χ2n) is 7.22. The van der Waals surface area contributed by atoms with Gasteiger partial charge in [0, 0.05) is 0 Å². The molecule has 0 spiro atoms.